The van der Waals surface area contributed by atoms with Crippen LogP contribution in [0.25, 0.3) is 0 Å². The van der Waals surface area contributed by atoms with Crippen molar-refractivity contribution in [2.75, 3.05) is 0 Å². The van der Waals surface area contributed by atoms with Gasteiger partial charge in [0.2, 0.25) is 0 Å². The molecule has 0 aliphatic heterocycles. The van der Waals surface area contributed by atoms with Gasteiger partial charge < -0.3 is 10.5 Å². The second-order valence-corrected chi connectivity index (χ2v) is 4.23. The van der Waals surface area contributed by atoms with Crippen molar-refractivity contribution in [1.29, 1.82) is 0 Å². The fourth-order valence-corrected chi connectivity index (χ4v) is 1.66. The standard InChI is InChI=1S/C15H17NO/c1-11-6-3-4-9-15(11)17-14-8-5-7-13(10-14)12(2)16/h3-10,12H,16H2,1-2H3. The third-order valence-corrected chi connectivity index (χ3v) is 2.71. The number of hydrogen-bond donors (Lipinski definition) is 1. The largest absolute Gasteiger partial charge is 0.457 e. The summed E-state index contributed by atoms with van der Waals surface area (Å²) < 4.78 is 5.84. The molecule has 0 heterocycles. The Labute approximate surface area is 102 Å². The van der Waals surface area contributed by atoms with Crippen LogP contribution in [0.15, 0.2) is 48.5 Å². The number of nitrogens with two attached hydrogens (primary N) is 1. The van der Waals surface area contributed by atoms with E-state index in [2.05, 4.69) is 0 Å². The van der Waals surface area contributed by atoms with Gasteiger partial charge in [-0.1, -0.05) is 30.3 Å². The molecule has 0 bridgehead atoms. The van der Waals surface area contributed by atoms with E-state index in [1.165, 1.54) is 0 Å². The first-order valence-corrected chi connectivity index (χ1v) is 5.76. The first-order valence-electron chi connectivity index (χ1n) is 5.76. The van der Waals surface area contributed by atoms with Crippen LogP contribution in [0.2, 0.25) is 0 Å². The van der Waals surface area contributed by atoms with Gasteiger partial charge in [0, 0.05) is 6.04 Å². The highest BCUT2D eigenvalue weighted by Crippen LogP contribution is 2.26. The van der Waals surface area contributed by atoms with Crippen LogP contribution in [0.5, 0.6) is 11.5 Å². The number of rotatable bonds is 3. The molecule has 2 rings (SSSR count). The van der Waals surface area contributed by atoms with Gasteiger partial charge in [0.05, 0.1) is 0 Å². The fraction of sp³-hybridized carbons (Fsp3) is 0.200. The van der Waals surface area contributed by atoms with Crippen molar-refractivity contribution in [3.05, 3.63) is 59.7 Å². The van der Waals surface area contributed by atoms with E-state index in [9.17, 15) is 0 Å². The van der Waals surface area contributed by atoms with Crippen molar-refractivity contribution in [1.82, 2.24) is 0 Å². The molecule has 0 spiro atoms. The Morgan fingerprint density at radius 2 is 1.82 bits per heavy atom. The van der Waals surface area contributed by atoms with Crippen LogP contribution in [0.3, 0.4) is 0 Å². The van der Waals surface area contributed by atoms with Gasteiger partial charge in [-0.25, -0.2) is 0 Å². The summed E-state index contributed by atoms with van der Waals surface area (Å²) >= 11 is 0. The molecular weight excluding hydrogens is 210 g/mol. The van der Waals surface area contributed by atoms with E-state index < -0.39 is 0 Å². The van der Waals surface area contributed by atoms with E-state index in [1.54, 1.807) is 0 Å². The summed E-state index contributed by atoms with van der Waals surface area (Å²) in [6.45, 7) is 4.00. The molecule has 0 saturated carbocycles. The summed E-state index contributed by atoms with van der Waals surface area (Å²) in [4.78, 5) is 0. The minimum Gasteiger partial charge on any atom is -0.457 e. The van der Waals surface area contributed by atoms with E-state index in [4.69, 9.17) is 10.5 Å². The highest BCUT2D eigenvalue weighted by atomic mass is 16.5. The average molecular weight is 227 g/mol. The van der Waals surface area contributed by atoms with E-state index in [0.717, 1.165) is 22.6 Å². The molecular formula is C15H17NO. The normalized spacial score (nSPS) is 12.2. The Morgan fingerprint density at radius 3 is 2.53 bits per heavy atom. The summed E-state index contributed by atoms with van der Waals surface area (Å²) in [5.74, 6) is 1.71. The predicted molar refractivity (Wildman–Crippen MR) is 70.3 cm³/mol. The number of para-hydroxylation sites is 1. The SMILES string of the molecule is Cc1ccccc1Oc1cccc(C(C)N)c1. The summed E-state index contributed by atoms with van der Waals surface area (Å²) in [6, 6.07) is 15.9. The monoisotopic (exact) mass is 227 g/mol. The summed E-state index contributed by atoms with van der Waals surface area (Å²) in [5, 5.41) is 0. The average Bonchev–Trinajstić information content (AvgIpc) is 2.32. The van der Waals surface area contributed by atoms with Crippen molar-refractivity contribution < 1.29 is 4.74 Å². The smallest absolute Gasteiger partial charge is 0.130 e. The maximum atomic E-state index is 5.85. The highest BCUT2D eigenvalue weighted by molar-refractivity contribution is 5.38. The molecule has 0 saturated heterocycles. The van der Waals surface area contributed by atoms with Crippen LogP contribution in [-0.4, -0.2) is 0 Å². The first-order chi connectivity index (χ1) is 8.16. The highest BCUT2D eigenvalue weighted by Gasteiger charge is 2.03. The molecule has 2 aromatic carbocycles. The van der Waals surface area contributed by atoms with Gasteiger partial charge in [-0.2, -0.15) is 0 Å². The van der Waals surface area contributed by atoms with E-state index in [-0.39, 0.29) is 6.04 Å². The molecule has 88 valence electrons. The van der Waals surface area contributed by atoms with E-state index in [0.29, 0.717) is 0 Å². The third-order valence-electron chi connectivity index (χ3n) is 2.71. The number of benzene rings is 2. The lowest BCUT2D eigenvalue weighted by molar-refractivity contribution is 0.477. The van der Waals surface area contributed by atoms with Gasteiger partial charge in [0.1, 0.15) is 11.5 Å². The van der Waals surface area contributed by atoms with Crippen molar-refractivity contribution in [2.24, 2.45) is 5.73 Å². The molecule has 2 N–H and O–H groups in total. The number of aryl methyl sites for hydroxylation is 1. The second kappa shape index (κ2) is 5.02. The van der Waals surface area contributed by atoms with Crippen molar-refractivity contribution in [3.63, 3.8) is 0 Å². The Morgan fingerprint density at radius 1 is 1.06 bits per heavy atom. The summed E-state index contributed by atoms with van der Waals surface area (Å²) in [5.41, 5.74) is 8.05. The van der Waals surface area contributed by atoms with Gasteiger partial charge in [-0.05, 0) is 43.2 Å². The third kappa shape index (κ3) is 2.86. The molecule has 2 aromatic rings. The van der Waals surface area contributed by atoms with Crippen molar-refractivity contribution in [3.8, 4) is 11.5 Å². The van der Waals surface area contributed by atoms with Crippen LogP contribution in [0.4, 0.5) is 0 Å². The van der Waals surface area contributed by atoms with Crippen molar-refractivity contribution in [2.45, 2.75) is 19.9 Å². The zero-order valence-electron chi connectivity index (χ0n) is 10.2. The Hall–Kier alpha value is -1.80. The van der Waals surface area contributed by atoms with Crippen LogP contribution in [-0.2, 0) is 0 Å². The van der Waals surface area contributed by atoms with Crippen LogP contribution in [0.1, 0.15) is 24.1 Å². The molecule has 2 nitrogen and oxygen atoms in total. The Kier molecular flexibility index (Phi) is 3.45. The molecule has 17 heavy (non-hydrogen) atoms. The van der Waals surface area contributed by atoms with Crippen molar-refractivity contribution >= 4 is 0 Å². The summed E-state index contributed by atoms with van der Waals surface area (Å²) in [6.07, 6.45) is 0. The lowest BCUT2D eigenvalue weighted by Gasteiger charge is -2.11. The van der Waals surface area contributed by atoms with E-state index in [1.807, 2.05) is 62.4 Å². The molecule has 1 atom stereocenters. The maximum absolute atomic E-state index is 5.85. The lowest BCUT2D eigenvalue weighted by Crippen LogP contribution is -2.04. The zero-order valence-corrected chi connectivity index (χ0v) is 10.2. The second-order valence-electron chi connectivity index (χ2n) is 4.23. The molecule has 0 aliphatic rings. The van der Waals surface area contributed by atoms with Gasteiger partial charge in [-0.15, -0.1) is 0 Å². The topological polar surface area (TPSA) is 35.2 Å². The van der Waals surface area contributed by atoms with Gasteiger partial charge >= 0.3 is 0 Å². The fourth-order valence-electron chi connectivity index (χ4n) is 1.66. The van der Waals surface area contributed by atoms with Crippen LogP contribution in [0, 0.1) is 6.92 Å². The van der Waals surface area contributed by atoms with E-state index >= 15 is 0 Å². The van der Waals surface area contributed by atoms with Crippen LogP contribution < -0.4 is 10.5 Å². The molecule has 0 aromatic heterocycles. The quantitative estimate of drug-likeness (QED) is 0.865. The van der Waals surface area contributed by atoms with Gasteiger partial charge in [-0.3, -0.25) is 0 Å². The Balaban J connectivity index is 2.25. The molecule has 0 radical (unpaired) electrons. The summed E-state index contributed by atoms with van der Waals surface area (Å²) in [7, 11) is 0. The minimum atomic E-state index is 0.0235. The van der Waals surface area contributed by atoms with Gasteiger partial charge in [0.25, 0.3) is 0 Å². The predicted octanol–water partition coefficient (Wildman–Crippen LogP) is 3.81. The van der Waals surface area contributed by atoms with Crippen LogP contribution >= 0.6 is 0 Å². The molecule has 1 unspecified atom stereocenters. The maximum Gasteiger partial charge on any atom is 0.130 e. The van der Waals surface area contributed by atoms with Gasteiger partial charge in [0.15, 0.2) is 0 Å². The molecule has 0 aliphatic carbocycles. The Bertz CT molecular complexity index is 506. The minimum absolute atomic E-state index is 0.0235. The molecule has 0 amide bonds. The number of hydrogen-bond acceptors (Lipinski definition) is 2. The molecule has 0 fully saturated rings. The number of ether oxygens (including phenoxy) is 1. The molecule has 2 heteroatoms. The zero-order chi connectivity index (χ0) is 12.3. The first kappa shape index (κ1) is 11.7. The lowest BCUT2D eigenvalue weighted by atomic mass is 10.1.